The Labute approximate surface area is 201 Å². The molecule has 1 aromatic heterocycles. The summed E-state index contributed by atoms with van der Waals surface area (Å²) in [5, 5.41) is 31.5. The number of fused-ring (bicyclic) bond motifs is 1. The Morgan fingerprint density at radius 1 is 1.11 bits per heavy atom. The Balaban J connectivity index is 1.37. The van der Waals surface area contributed by atoms with Gasteiger partial charge in [-0.2, -0.15) is 0 Å². The number of aromatic nitrogens is 2. The van der Waals surface area contributed by atoms with E-state index in [0.29, 0.717) is 50.8 Å². The Hall–Kier alpha value is -3.57. The van der Waals surface area contributed by atoms with E-state index in [1.807, 2.05) is 0 Å². The van der Waals surface area contributed by atoms with E-state index in [0.717, 1.165) is 19.3 Å². The maximum absolute atomic E-state index is 13.0. The topological polar surface area (TPSA) is 169 Å². The molecular weight excluding hydrogens is 458 g/mol. The lowest BCUT2D eigenvalue weighted by atomic mass is 9.83. The molecule has 1 aromatic carbocycles. The van der Waals surface area contributed by atoms with Crippen molar-refractivity contribution in [1.29, 1.82) is 0 Å². The molecule has 1 aliphatic carbocycles. The first-order valence-corrected chi connectivity index (χ1v) is 12.1. The number of carboxylic acid groups (broad SMARTS) is 1. The van der Waals surface area contributed by atoms with Crippen LogP contribution in [0.4, 0.5) is 11.4 Å². The zero-order chi connectivity index (χ0) is 24.9. The van der Waals surface area contributed by atoms with Crippen molar-refractivity contribution in [2.45, 2.75) is 63.8 Å². The Bertz CT molecular complexity index is 1110. The van der Waals surface area contributed by atoms with Gasteiger partial charge in [-0.25, -0.2) is 9.42 Å². The maximum atomic E-state index is 13.0. The normalized spacial score (nSPS) is 21.1. The van der Waals surface area contributed by atoms with Gasteiger partial charge in [0.1, 0.15) is 6.04 Å². The van der Waals surface area contributed by atoms with Crippen molar-refractivity contribution in [2.24, 2.45) is 11.8 Å². The van der Waals surface area contributed by atoms with E-state index < -0.39 is 28.6 Å². The number of amides is 1. The molecule has 0 radical (unpaired) electrons. The molecule has 2 aromatic rings. The predicted molar refractivity (Wildman–Crippen MR) is 124 cm³/mol. The molecule has 2 atom stereocenters. The number of anilines is 1. The van der Waals surface area contributed by atoms with Crippen LogP contribution in [0.3, 0.4) is 0 Å². The molecule has 4 rings (SSSR count). The average molecular weight is 488 g/mol. The summed E-state index contributed by atoms with van der Waals surface area (Å²) in [5.41, 5.74) is 0.624. The lowest BCUT2D eigenvalue weighted by Gasteiger charge is -2.39. The molecule has 35 heavy (non-hydrogen) atoms. The second kappa shape index (κ2) is 10.8. The average Bonchev–Trinajstić information content (AvgIpc) is 3.36. The number of nitrogens with one attached hydrogen (secondary N) is 1. The molecule has 1 amide bonds. The van der Waals surface area contributed by atoms with Gasteiger partial charge in [-0.1, -0.05) is 19.3 Å². The highest BCUT2D eigenvalue weighted by molar-refractivity contribution is 6.37. The lowest BCUT2D eigenvalue weighted by molar-refractivity contribution is -0.383. The van der Waals surface area contributed by atoms with Gasteiger partial charge in [0.25, 0.3) is 5.91 Å². The first-order valence-electron chi connectivity index (χ1n) is 12.1. The van der Waals surface area contributed by atoms with Gasteiger partial charge in [-0.15, -0.1) is 0 Å². The number of piperidine rings is 1. The lowest BCUT2D eigenvalue weighted by Crippen LogP contribution is -2.55. The first kappa shape index (κ1) is 24.6. The van der Waals surface area contributed by atoms with Crippen LogP contribution in [-0.2, 0) is 14.4 Å². The fourth-order valence-electron chi connectivity index (χ4n) is 5.35. The van der Waals surface area contributed by atoms with Crippen LogP contribution in [0.2, 0.25) is 0 Å². The molecule has 1 saturated heterocycles. The van der Waals surface area contributed by atoms with Crippen molar-refractivity contribution in [1.82, 2.24) is 15.2 Å². The number of hydrogen-bond acceptors (Lipinski definition) is 9. The monoisotopic (exact) mass is 487 g/mol. The molecule has 188 valence electrons. The molecule has 2 aliphatic rings. The van der Waals surface area contributed by atoms with Crippen LogP contribution in [0.15, 0.2) is 16.8 Å². The van der Waals surface area contributed by atoms with Crippen molar-refractivity contribution in [2.75, 3.05) is 18.4 Å². The van der Waals surface area contributed by atoms with Crippen LogP contribution in [0.1, 0.15) is 57.8 Å². The first-order chi connectivity index (χ1) is 16.9. The number of likely N-dealkylation sites (tertiary alicyclic amines) is 1. The largest absolute Gasteiger partial charge is 0.480 e. The van der Waals surface area contributed by atoms with Gasteiger partial charge in [0, 0.05) is 25.1 Å². The second-order valence-electron chi connectivity index (χ2n) is 9.30. The van der Waals surface area contributed by atoms with Gasteiger partial charge in [0.15, 0.2) is 5.52 Å². The number of hydrogen-bond donors (Lipinski definition) is 2. The van der Waals surface area contributed by atoms with Gasteiger partial charge in [-0.3, -0.25) is 19.7 Å². The molecule has 12 heteroatoms. The third-order valence-corrected chi connectivity index (χ3v) is 7.11. The number of nitrogens with zero attached hydrogens (tertiary/aromatic N) is 4. The van der Waals surface area contributed by atoms with Crippen LogP contribution in [-0.4, -0.2) is 62.0 Å². The fourth-order valence-corrected chi connectivity index (χ4v) is 5.35. The molecule has 2 heterocycles. The minimum absolute atomic E-state index is 0.0509. The number of nitro groups is 1. The highest BCUT2D eigenvalue weighted by atomic mass is 16.6. The summed E-state index contributed by atoms with van der Waals surface area (Å²) in [7, 11) is 0. The number of carbonyl (C=O) groups excluding carboxylic acids is 2. The number of aliphatic carboxylic acids is 1. The predicted octanol–water partition coefficient (Wildman–Crippen LogP) is 3.16. The molecule has 1 aliphatic heterocycles. The van der Waals surface area contributed by atoms with Gasteiger partial charge in [-0.05, 0) is 60.8 Å². The smallest absolute Gasteiger partial charge is 0.326 e. The van der Waals surface area contributed by atoms with Crippen LogP contribution in [0.5, 0.6) is 0 Å². The fraction of sp³-hybridized carbons (Fsp3) is 0.609. The molecule has 0 spiro atoms. The number of nitro benzene ring substituents is 1. The van der Waals surface area contributed by atoms with E-state index in [1.54, 1.807) is 0 Å². The van der Waals surface area contributed by atoms with Crippen molar-refractivity contribution in [3.8, 4) is 0 Å². The molecule has 12 nitrogen and oxygen atoms in total. The number of carboxylic acids is 1. The van der Waals surface area contributed by atoms with Crippen molar-refractivity contribution < 1.29 is 29.0 Å². The van der Waals surface area contributed by atoms with E-state index in [4.69, 9.17) is 0 Å². The van der Waals surface area contributed by atoms with E-state index in [9.17, 15) is 29.6 Å². The zero-order valence-corrected chi connectivity index (χ0v) is 19.4. The Kier molecular flexibility index (Phi) is 7.57. The molecule has 2 N–H and O–H groups in total. The number of benzene rings is 1. The summed E-state index contributed by atoms with van der Waals surface area (Å²) in [5.74, 6) is -2.74. The van der Waals surface area contributed by atoms with E-state index >= 15 is 0 Å². The maximum Gasteiger partial charge on any atom is 0.326 e. The highest BCUT2D eigenvalue weighted by Gasteiger charge is 2.42. The van der Waals surface area contributed by atoms with Crippen LogP contribution in [0, 0.1) is 22.0 Å². The number of Topliss-reactive ketones (excluding diaryl/α,β-unsaturated/α-hetero) is 1. The SMILES string of the molecule is O=C(C(=O)N1CCCC(CCCNc2ccc([N+](=O)[O-])c3nonc23)C1C(=O)O)C1CCCCC1. The standard InChI is InChI=1S/C23H29N5O7/c29-21(15-6-2-1-3-7-15)22(30)27-13-5-9-14(20(27)23(31)32)8-4-12-24-16-10-11-17(28(33)34)19-18(16)25-35-26-19/h10-11,14-15,20,24H,1-9,12-13H2,(H,31,32). The summed E-state index contributed by atoms with van der Waals surface area (Å²) >= 11 is 0. The number of ketones is 1. The molecule has 1 saturated carbocycles. The molecule has 2 fully saturated rings. The minimum Gasteiger partial charge on any atom is -0.480 e. The quantitative estimate of drug-likeness (QED) is 0.232. The van der Waals surface area contributed by atoms with Crippen molar-refractivity contribution in [3.63, 3.8) is 0 Å². The Morgan fingerprint density at radius 3 is 2.57 bits per heavy atom. The number of rotatable bonds is 9. The van der Waals surface area contributed by atoms with E-state index in [1.165, 1.54) is 17.0 Å². The molecule has 0 bridgehead atoms. The van der Waals surface area contributed by atoms with Crippen molar-refractivity contribution in [3.05, 3.63) is 22.2 Å². The molecule has 2 unspecified atom stereocenters. The van der Waals surface area contributed by atoms with Crippen LogP contribution < -0.4 is 5.32 Å². The summed E-state index contributed by atoms with van der Waals surface area (Å²) < 4.78 is 4.66. The minimum atomic E-state index is -1.08. The Morgan fingerprint density at radius 2 is 1.86 bits per heavy atom. The third kappa shape index (κ3) is 5.25. The van der Waals surface area contributed by atoms with Gasteiger partial charge < -0.3 is 15.3 Å². The summed E-state index contributed by atoms with van der Waals surface area (Å²) in [4.78, 5) is 49.8. The van der Waals surface area contributed by atoms with Gasteiger partial charge in [0.2, 0.25) is 11.3 Å². The highest BCUT2D eigenvalue weighted by Crippen LogP contribution is 2.32. The van der Waals surface area contributed by atoms with Gasteiger partial charge in [0.05, 0.1) is 10.6 Å². The number of carbonyl (C=O) groups is 3. The van der Waals surface area contributed by atoms with E-state index in [-0.39, 0.29) is 35.1 Å². The number of non-ortho nitro benzene ring substituents is 1. The third-order valence-electron chi connectivity index (χ3n) is 7.11. The second-order valence-corrected chi connectivity index (χ2v) is 9.30. The van der Waals surface area contributed by atoms with Crippen LogP contribution >= 0.6 is 0 Å². The van der Waals surface area contributed by atoms with Crippen molar-refractivity contribution >= 4 is 40.1 Å². The zero-order valence-electron chi connectivity index (χ0n) is 19.4. The summed E-state index contributed by atoms with van der Waals surface area (Å²) in [6.07, 6.45) is 6.75. The summed E-state index contributed by atoms with van der Waals surface area (Å²) in [6.45, 7) is 0.737. The molecular formula is C23H29N5O7. The van der Waals surface area contributed by atoms with E-state index in [2.05, 4.69) is 20.3 Å². The summed E-state index contributed by atoms with van der Waals surface area (Å²) in [6, 6.07) is 1.83. The van der Waals surface area contributed by atoms with Crippen LogP contribution in [0.25, 0.3) is 11.0 Å². The van der Waals surface area contributed by atoms with Gasteiger partial charge >= 0.3 is 11.7 Å².